The molecule has 0 saturated carbocycles. The molecule has 1 rings (SSSR count). The van der Waals surface area contributed by atoms with Crippen LogP contribution < -0.4 is 23.8 Å². The zero-order valence-electron chi connectivity index (χ0n) is 5.88. The fourth-order valence-electron chi connectivity index (χ4n) is 0.496. The van der Waals surface area contributed by atoms with Crippen molar-refractivity contribution in [3.63, 3.8) is 0 Å². The van der Waals surface area contributed by atoms with Crippen LogP contribution in [0.1, 0.15) is 0 Å². The molecular formula is C6H14N4. The van der Waals surface area contributed by atoms with Gasteiger partial charge in [-0.15, -0.1) is 0 Å². The number of benzene rings is 1. The summed E-state index contributed by atoms with van der Waals surface area (Å²) < 4.78 is 0. The molecule has 0 spiro atoms. The van der Waals surface area contributed by atoms with Crippen molar-refractivity contribution in [1.29, 1.82) is 0 Å². The van der Waals surface area contributed by atoms with Crippen LogP contribution in [0.5, 0.6) is 0 Å². The standard InChI is InChI=1S/C6H8N2.2H3N/c7-5-1-2-6(8)4-3-5;;/h1-4H,7-8H2;2*1H3. The van der Waals surface area contributed by atoms with Gasteiger partial charge >= 0.3 is 0 Å². The molecule has 10 heavy (non-hydrogen) atoms. The molecule has 0 aromatic heterocycles. The highest BCUT2D eigenvalue weighted by Gasteiger charge is 1.80. The monoisotopic (exact) mass is 142 g/mol. The molecule has 4 heteroatoms. The second kappa shape index (κ2) is 4.60. The summed E-state index contributed by atoms with van der Waals surface area (Å²) in [4.78, 5) is 0. The van der Waals surface area contributed by atoms with Gasteiger partial charge in [0.2, 0.25) is 0 Å². The van der Waals surface area contributed by atoms with E-state index in [4.69, 9.17) is 11.5 Å². The molecule has 0 atom stereocenters. The van der Waals surface area contributed by atoms with Crippen molar-refractivity contribution in [3.05, 3.63) is 24.3 Å². The number of anilines is 2. The minimum atomic E-state index is 0. The van der Waals surface area contributed by atoms with E-state index in [0.717, 1.165) is 11.4 Å². The van der Waals surface area contributed by atoms with Crippen LogP contribution in [0.25, 0.3) is 0 Å². The lowest BCUT2D eigenvalue weighted by atomic mass is 10.3. The fraction of sp³-hybridized carbons (Fsp3) is 0. The quantitative estimate of drug-likeness (QED) is 0.406. The van der Waals surface area contributed by atoms with Gasteiger partial charge in [-0.05, 0) is 24.3 Å². The molecule has 58 valence electrons. The van der Waals surface area contributed by atoms with Gasteiger partial charge in [0.05, 0.1) is 0 Å². The van der Waals surface area contributed by atoms with E-state index in [-0.39, 0.29) is 12.3 Å². The number of hydrogen-bond acceptors (Lipinski definition) is 4. The topological polar surface area (TPSA) is 122 Å². The Hall–Kier alpha value is -1.26. The summed E-state index contributed by atoms with van der Waals surface area (Å²) in [6.07, 6.45) is 0. The highest BCUT2D eigenvalue weighted by molar-refractivity contribution is 5.47. The first-order valence-corrected chi connectivity index (χ1v) is 2.40. The van der Waals surface area contributed by atoms with Crippen molar-refractivity contribution in [2.24, 2.45) is 0 Å². The van der Waals surface area contributed by atoms with Crippen molar-refractivity contribution < 1.29 is 0 Å². The Bertz CT molecular complexity index is 149. The normalized spacial score (nSPS) is 7.20. The third-order valence-corrected chi connectivity index (χ3v) is 0.936. The molecule has 0 unspecified atom stereocenters. The average molecular weight is 142 g/mol. The van der Waals surface area contributed by atoms with Gasteiger partial charge in [0, 0.05) is 11.4 Å². The minimum absolute atomic E-state index is 0. The largest absolute Gasteiger partial charge is 0.399 e. The predicted octanol–water partition coefficient (Wildman–Crippen LogP) is 1.17. The molecule has 0 heterocycles. The van der Waals surface area contributed by atoms with Gasteiger partial charge < -0.3 is 23.8 Å². The van der Waals surface area contributed by atoms with Crippen LogP contribution in [-0.2, 0) is 0 Å². The van der Waals surface area contributed by atoms with Gasteiger partial charge in [0.25, 0.3) is 0 Å². The van der Waals surface area contributed by atoms with Gasteiger partial charge in [0.1, 0.15) is 0 Å². The molecule has 0 amide bonds. The van der Waals surface area contributed by atoms with Crippen molar-refractivity contribution >= 4 is 11.4 Å². The number of rotatable bonds is 0. The van der Waals surface area contributed by atoms with E-state index in [0.29, 0.717) is 0 Å². The zero-order valence-corrected chi connectivity index (χ0v) is 5.88. The molecule has 0 aliphatic rings. The molecule has 0 bridgehead atoms. The van der Waals surface area contributed by atoms with Crippen molar-refractivity contribution in [1.82, 2.24) is 12.3 Å². The minimum Gasteiger partial charge on any atom is -0.399 e. The van der Waals surface area contributed by atoms with E-state index in [2.05, 4.69) is 0 Å². The van der Waals surface area contributed by atoms with Crippen LogP contribution in [0.2, 0.25) is 0 Å². The van der Waals surface area contributed by atoms with Crippen molar-refractivity contribution in [2.75, 3.05) is 11.5 Å². The molecule has 0 aliphatic heterocycles. The van der Waals surface area contributed by atoms with Crippen molar-refractivity contribution in [2.45, 2.75) is 0 Å². The van der Waals surface area contributed by atoms with Gasteiger partial charge in [-0.3, -0.25) is 0 Å². The predicted molar refractivity (Wildman–Crippen MR) is 45.3 cm³/mol. The Morgan fingerprint density at radius 2 is 0.900 bits per heavy atom. The van der Waals surface area contributed by atoms with E-state index < -0.39 is 0 Å². The molecule has 1 aromatic rings. The molecule has 1 aromatic carbocycles. The van der Waals surface area contributed by atoms with Crippen LogP contribution in [0, 0.1) is 0 Å². The molecule has 0 radical (unpaired) electrons. The Balaban J connectivity index is 0. The number of hydrogen-bond donors (Lipinski definition) is 4. The number of nitrogens with two attached hydrogens (primary N) is 2. The summed E-state index contributed by atoms with van der Waals surface area (Å²) in [7, 11) is 0. The van der Waals surface area contributed by atoms with Crippen LogP contribution in [0.4, 0.5) is 11.4 Å². The Kier molecular flexibility index (Phi) is 5.31. The highest BCUT2D eigenvalue weighted by Crippen LogP contribution is 2.04. The lowest BCUT2D eigenvalue weighted by molar-refractivity contribution is 1.67. The third kappa shape index (κ3) is 2.91. The maximum Gasteiger partial charge on any atom is 0.0315 e. The van der Waals surface area contributed by atoms with Gasteiger partial charge in [-0.25, -0.2) is 0 Å². The Labute approximate surface area is 60.4 Å². The van der Waals surface area contributed by atoms with Crippen LogP contribution in [0.15, 0.2) is 24.3 Å². The SMILES string of the molecule is N.N.Nc1ccc(N)cc1. The van der Waals surface area contributed by atoms with E-state index in [1.54, 1.807) is 24.3 Å². The molecule has 0 aliphatic carbocycles. The Morgan fingerprint density at radius 1 is 0.700 bits per heavy atom. The summed E-state index contributed by atoms with van der Waals surface area (Å²) >= 11 is 0. The van der Waals surface area contributed by atoms with Crippen LogP contribution >= 0.6 is 0 Å². The lowest BCUT2D eigenvalue weighted by Crippen LogP contribution is -1.86. The molecule has 0 saturated heterocycles. The first-order valence-electron chi connectivity index (χ1n) is 2.40. The lowest BCUT2D eigenvalue weighted by Gasteiger charge is -1.90. The summed E-state index contributed by atoms with van der Waals surface area (Å²) in [5.74, 6) is 0. The smallest absolute Gasteiger partial charge is 0.0315 e. The summed E-state index contributed by atoms with van der Waals surface area (Å²) in [6.45, 7) is 0. The molecular weight excluding hydrogens is 128 g/mol. The third-order valence-electron chi connectivity index (χ3n) is 0.936. The zero-order chi connectivity index (χ0) is 5.98. The maximum absolute atomic E-state index is 5.37. The van der Waals surface area contributed by atoms with Gasteiger partial charge in [-0.2, -0.15) is 0 Å². The summed E-state index contributed by atoms with van der Waals surface area (Å²) in [5.41, 5.74) is 12.2. The second-order valence-electron chi connectivity index (χ2n) is 1.67. The molecule has 0 fully saturated rings. The van der Waals surface area contributed by atoms with E-state index in [9.17, 15) is 0 Å². The van der Waals surface area contributed by atoms with Gasteiger partial charge in [-0.1, -0.05) is 0 Å². The Morgan fingerprint density at radius 3 is 1.10 bits per heavy atom. The first kappa shape index (κ1) is 11.5. The second-order valence-corrected chi connectivity index (χ2v) is 1.67. The van der Waals surface area contributed by atoms with E-state index in [1.807, 2.05) is 0 Å². The summed E-state index contributed by atoms with van der Waals surface area (Å²) in [5, 5.41) is 0. The fourth-order valence-corrected chi connectivity index (χ4v) is 0.496. The van der Waals surface area contributed by atoms with E-state index in [1.165, 1.54) is 0 Å². The van der Waals surface area contributed by atoms with Crippen LogP contribution in [-0.4, -0.2) is 0 Å². The molecule has 4 nitrogen and oxygen atoms in total. The van der Waals surface area contributed by atoms with E-state index >= 15 is 0 Å². The van der Waals surface area contributed by atoms with Crippen molar-refractivity contribution in [3.8, 4) is 0 Å². The average Bonchev–Trinajstić information content (AvgIpc) is 1.77. The summed E-state index contributed by atoms with van der Waals surface area (Å²) in [6, 6.07) is 7.09. The number of nitrogen functional groups attached to an aromatic ring is 2. The first-order chi connectivity index (χ1) is 3.79. The van der Waals surface area contributed by atoms with Crippen LogP contribution in [0.3, 0.4) is 0 Å². The maximum atomic E-state index is 5.37. The highest BCUT2D eigenvalue weighted by atomic mass is 14.6. The van der Waals surface area contributed by atoms with Gasteiger partial charge in [0.15, 0.2) is 0 Å². The molecule has 10 N–H and O–H groups in total.